The van der Waals surface area contributed by atoms with E-state index in [9.17, 15) is 5.11 Å². The lowest BCUT2D eigenvalue weighted by atomic mass is 9.92. The topological polar surface area (TPSA) is 20.2 Å². The fraction of sp³-hybridized carbons (Fsp3) is 0.538. The first kappa shape index (κ1) is 11.3. The maximum atomic E-state index is 9.99. The van der Waals surface area contributed by atoms with E-state index in [4.69, 9.17) is 0 Å². The summed E-state index contributed by atoms with van der Waals surface area (Å²) in [6.07, 6.45) is -0.339. The van der Waals surface area contributed by atoms with E-state index in [2.05, 4.69) is 32.9 Å². The molecule has 1 N–H and O–H groups in total. The highest BCUT2D eigenvalue weighted by molar-refractivity contribution is 5.37. The largest absolute Gasteiger partial charge is 0.388 e. The molecule has 0 aromatic heterocycles. The summed E-state index contributed by atoms with van der Waals surface area (Å²) in [7, 11) is 0. The van der Waals surface area contributed by atoms with Gasteiger partial charge < -0.3 is 5.11 Å². The van der Waals surface area contributed by atoms with Gasteiger partial charge in [-0.1, -0.05) is 26.0 Å². The van der Waals surface area contributed by atoms with Crippen molar-refractivity contribution < 1.29 is 5.11 Å². The molecule has 1 unspecified atom stereocenters. The zero-order chi connectivity index (χ0) is 10.9. The van der Waals surface area contributed by atoms with E-state index in [0.29, 0.717) is 0 Å². The maximum Gasteiger partial charge on any atom is 0.0815 e. The van der Waals surface area contributed by atoms with Crippen LogP contribution in [-0.2, 0) is 0 Å². The monoisotopic (exact) mass is 192 g/mol. The van der Waals surface area contributed by atoms with Gasteiger partial charge in [0.1, 0.15) is 0 Å². The van der Waals surface area contributed by atoms with Gasteiger partial charge in [-0.2, -0.15) is 0 Å². The summed E-state index contributed by atoms with van der Waals surface area (Å²) in [6.45, 7) is 10.3. The van der Waals surface area contributed by atoms with Crippen molar-refractivity contribution in [3.63, 3.8) is 0 Å². The molecule has 0 heterocycles. The zero-order valence-electron chi connectivity index (χ0n) is 9.76. The Morgan fingerprint density at radius 3 is 1.93 bits per heavy atom. The van der Waals surface area contributed by atoms with Crippen molar-refractivity contribution >= 4 is 0 Å². The number of benzene rings is 1. The molecule has 0 radical (unpaired) electrons. The minimum Gasteiger partial charge on any atom is -0.388 e. The van der Waals surface area contributed by atoms with Gasteiger partial charge in [0.2, 0.25) is 0 Å². The van der Waals surface area contributed by atoms with Crippen LogP contribution in [0.5, 0.6) is 0 Å². The normalized spacial score (nSPS) is 13.4. The van der Waals surface area contributed by atoms with Gasteiger partial charge in [0.05, 0.1) is 6.10 Å². The molecule has 0 saturated carbocycles. The molecule has 78 valence electrons. The number of aryl methyl sites for hydroxylation is 3. The SMILES string of the molecule is Cc1cc(C)c(C(O)C(C)C)cc1C. The highest BCUT2D eigenvalue weighted by atomic mass is 16.3. The third-order valence-electron chi connectivity index (χ3n) is 2.83. The Labute approximate surface area is 86.8 Å². The molecule has 0 aliphatic rings. The Kier molecular flexibility index (Phi) is 3.33. The predicted octanol–water partition coefficient (Wildman–Crippen LogP) is 3.30. The highest BCUT2D eigenvalue weighted by Crippen LogP contribution is 2.26. The molecule has 0 amide bonds. The summed E-state index contributed by atoms with van der Waals surface area (Å²) < 4.78 is 0. The van der Waals surface area contributed by atoms with Gasteiger partial charge >= 0.3 is 0 Å². The van der Waals surface area contributed by atoms with Gasteiger partial charge in [0, 0.05) is 0 Å². The van der Waals surface area contributed by atoms with Crippen molar-refractivity contribution in [3.05, 3.63) is 34.4 Å². The molecule has 1 heteroatoms. The van der Waals surface area contributed by atoms with Gasteiger partial charge in [0.15, 0.2) is 0 Å². The molecule has 0 aliphatic carbocycles. The standard InChI is InChI=1S/C13H20O/c1-8(2)13(14)12-7-10(4)9(3)6-11(12)5/h6-8,13-14H,1-5H3. The average Bonchev–Trinajstić information content (AvgIpc) is 2.10. The van der Waals surface area contributed by atoms with E-state index < -0.39 is 0 Å². The molecule has 0 saturated heterocycles. The Morgan fingerprint density at radius 2 is 1.43 bits per heavy atom. The summed E-state index contributed by atoms with van der Waals surface area (Å²) in [4.78, 5) is 0. The van der Waals surface area contributed by atoms with E-state index in [0.717, 1.165) is 5.56 Å². The van der Waals surface area contributed by atoms with Crippen LogP contribution in [0.4, 0.5) is 0 Å². The number of hydrogen-bond acceptors (Lipinski definition) is 1. The molecule has 1 aromatic carbocycles. The molecule has 0 bridgehead atoms. The molecule has 0 fully saturated rings. The van der Waals surface area contributed by atoms with Gasteiger partial charge in [-0.3, -0.25) is 0 Å². The summed E-state index contributed by atoms with van der Waals surface area (Å²) in [5.41, 5.74) is 4.81. The average molecular weight is 192 g/mol. The fourth-order valence-corrected chi connectivity index (χ4v) is 1.66. The minimum absolute atomic E-state index is 0.274. The Hall–Kier alpha value is -0.820. The van der Waals surface area contributed by atoms with Gasteiger partial charge in [0.25, 0.3) is 0 Å². The van der Waals surface area contributed by atoms with Gasteiger partial charge in [-0.25, -0.2) is 0 Å². The lowest BCUT2D eigenvalue weighted by Crippen LogP contribution is -2.08. The molecule has 0 spiro atoms. The van der Waals surface area contributed by atoms with E-state index in [1.807, 2.05) is 13.8 Å². The van der Waals surface area contributed by atoms with Crippen LogP contribution in [-0.4, -0.2) is 5.11 Å². The molecule has 14 heavy (non-hydrogen) atoms. The molecular weight excluding hydrogens is 172 g/mol. The van der Waals surface area contributed by atoms with Gasteiger partial charge in [-0.15, -0.1) is 0 Å². The molecule has 0 aliphatic heterocycles. The van der Waals surface area contributed by atoms with E-state index in [1.54, 1.807) is 0 Å². The summed E-state index contributed by atoms with van der Waals surface area (Å²) in [5.74, 6) is 0.274. The maximum absolute atomic E-state index is 9.99. The van der Waals surface area contributed by atoms with E-state index in [1.165, 1.54) is 16.7 Å². The predicted molar refractivity (Wildman–Crippen MR) is 60.5 cm³/mol. The summed E-state index contributed by atoms with van der Waals surface area (Å²) in [6, 6.07) is 4.26. The molecular formula is C13H20O. The Bertz CT molecular complexity index is 326. The van der Waals surface area contributed by atoms with Crippen LogP contribution in [0.15, 0.2) is 12.1 Å². The Balaban J connectivity index is 3.15. The van der Waals surface area contributed by atoms with Crippen molar-refractivity contribution in [2.45, 2.75) is 40.7 Å². The number of rotatable bonds is 2. The van der Waals surface area contributed by atoms with Crippen LogP contribution >= 0.6 is 0 Å². The van der Waals surface area contributed by atoms with Crippen LogP contribution < -0.4 is 0 Å². The van der Waals surface area contributed by atoms with Crippen LogP contribution in [0.25, 0.3) is 0 Å². The first-order valence-corrected chi connectivity index (χ1v) is 5.19. The Morgan fingerprint density at radius 1 is 0.929 bits per heavy atom. The van der Waals surface area contributed by atoms with Crippen molar-refractivity contribution in [2.75, 3.05) is 0 Å². The van der Waals surface area contributed by atoms with Crippen molar-refractivity contribution in [1.82, 2.24) is 0 Å². The zero-order valence-corrected chi connectivity index (χ0v) is 9.76. The number of hydrogen-bond donors (Lipinski definition) is 1. The van der Waals surface area contributed by atoms with Crippen LogP contribution in [0, 0.1) is 26.7 Å². The van der Waals surface area contributed by atoms with E-state index in [-0.39, 0.29) is 12.0 Å². The summed E-state index contributed by atoms with van der Waals surface area (Å²) in [5, 5.41) is 9.99. The lowest BCUT2D eigenvalue weighted by Gasteiger charge is -2.18. The van der Waals surface area contributed by atoms with Crippen LogP contribution in [0.3, 0.4) is 0 Å². The third kappa shape index (κ3) is 2.16. The second-order valence-corrected chi connectivity index (χ2v) is 4.48. The van der Waals surface area contributed by atoms with E-state index >= 15 is 0 Å². The van der Waals surface area contributed by atoms with Crippen molar-refractivity contribution in [3.8, 4) is 0 Å². The van der Waals surface area contributed by atoms with Crippen LogP contribution in [0.2, 0.25) is 0 Å². The molecule has 1 rings (SSSR count). The number of aliphatic hydroxyl groups is 1. The smallest absolute Gasteiger partial charge is 0.0815 e. The number of aliphatic hydroxyl groups excluding tert-OH is 1. The van der Waals surface area contributed by atoms with Gasteiger partial charge in [-0.05, 0) is 48.9 Å². The lowest BCUT2D eigenvalue weighted by molar-refractivity contribution is 0.126. The fourth-order valence-electron chi connectivity index (χ4n) is 1.66. The third-order valence-corrected chi connectivity index (χ3v) is 2.83. The molecule has 1 nitrogen and oxygen atoms in total. The quantitative estimate of drug-likeness (QED) is 0.762. The minimum atomic E-state index is -0.339. The summed E-state index contributed by atoms with van der Waals surface area (Å²) >= 11 is 0. The van der Waals surface area contributed by atoms with Crippen molar-refractivity contribution in [2.24, 2.45) is 5.92 Å². The highest BCUT2D eigenvalue weighted by Gasteiger charge is 2.14. The molecule has 1 atom stereocenters. The second-order valence-electron chi connectivity index (χ2n) is 4.48. The first-order chi connectivity index (χ1) is 6.43. The second kappa shape index (κ2) is 4.14. The molecule has 1 aromatic rings. The first-order valence-electron chi connectivity index (χ1n) is 5.19. The van der Waals surface area contributed by atoms with Crippen molar-refractivity contribution in [1.29, 1.82) is 0 Å². The van der Waals surface area contributed by atoms with Crippen LogP contribution in [0.1, 0.15) is 42.2 Å².